The van der Waals surface area contributed by atoms with Crippen LogP contribution in [0.5, 0.6) is 0 Å². The molecule has 0 bridgehead atoms. The molecule has 4 nitrogen and oxygen atoms in total. The fourth-order valence-electron chi connectivity index (χ4n) is 3.12. The molecule has 102 valence electrons. The second kappa shape index (κ2) is 4.90. The molecule has 2 amide bonds. The van der Waals surface area contributed by atoms with Crippen LogP contribution in [0.4, 0.5) is 0 Å². The molecule has 18 heavy (non-hydrogen) atoms. The summed E-state index contributed by atoms with van der Waals surface area (Å²) in [4.78, 5) is 26.6. The van der Waals surface area contributed by atoms with E-state index in [1.54, 1.807) is 6.92 Å². The van der Waals surface area contributed by atoms with Crippen LogP contribution in [0.15, 0.2) is 0 Å². The average molecular weight is 252 g/mol. The summed E-state index contributed by atoms with van der Waals surface area (Å²) in [6, 6.07) is -0.368. The third-order valence-electron chi connectivity index (χ3n) is 4.55. The molecule has 1 heterocycles. The predicted molar refractivity (Wildman–Crippen MR) is 70.0 cm³/mol. The molecule has 1 saturated heterocycles. The van der Waals surface area contributed by atoms with E-state index < -0.39 is 5.54 Å². The zero-order valence-corrected chi connectivity index (χ0v) is 11.7. The van der Waals surface area contributed by atoms with Gasteiger partial charge in [0.2, 0.25) is 11.8 Å². The van der Waals surface area contributed by atoms with Crippen LogP contribution in [0.25, 0.3) is 0 Å². The number of amides is 2. The molecule has 1 aliphatic heterocycles. The maximum Gasteiger partial charge on any atom is 0.246 e. The third kappa shape index (κ3) is 2.02. The van der Waals surface area contributed by atoms with Crippen LogP contribution in [-0.2, 0) is 9.59 Å². The summed E-state index contributed by atoms with van der Waals surface area (Å²) in [7, 11) is 0. The lowest BCUT2D eigenvalue weighted by Gasteiger charge is -2.46. The Morgan fingerprint density at radius 3 is 2.56 bits per heavy atom. The van der Waals surface area contributed by atoms with E-state index in [2.05, 4.69) is 19.2 Å². The number of carbonyl (C=O) groups is 2. The van der Waals surface area contributed by atoms with Gasteiger partial charge in [-0.2, -0.15) is 0 Å². The normalized spacial score (nSPS) is 28.6. The van der Waals surface area contributed by atoms with Crippen LogP contribution in [0.3, 0.4) is 0 Å². The Morgan fingerprint density at radius 1 is 1.39 bits per heavy atom. The van der Waals surface area contributed by atoms with E-state index in [9.17, 15) is 9.59 Å². The Hall–Kier alpha value is -1.06. The van der Waals surface area contributed by atoms with Crippen molar-refractivity contribution in [2.24, 2.45) is 5.92 Å². The SMILES string of the molecule is CCC(C)CN1C(=O)C(C)NC(=O)C12CCCC2. The highest BCUT2D eigenvalue weighted by Gasteiger charge is 2.52. The van der Waals surface area contributed by atoms with Gasteiger partial charge < -0.3 is 10.2 Å². The van der Waals surface area contributed by atoms with E-state index in [1.165, 1.54) is 0 Å². The summed E-state index contributed by atoms with van der Waals surface area (Å²) in [6.07, 6.45) is 4.79. The van der Waals surface area contributed by atoms with Crippen LogP contribution in [0, 0.1) is 5.92 Å². The maximum atomic E-state index is 12.4. The lowest BCUT2D eigenvalue weighted by molar-refractivity contribution is -0.157. The molecule has 1 aliphatic carbocycles. The first-order valence-corrected chi connectivity index (χ1v) is 7.13. The van der Waals surface area contributed by atoms with E-state index >= 15 is 0 Å². The first kappa shape index (κ1) is 13.4. The number of hydrogen-bond donors (Lipinski definition) is 1. The van der Waals surface area contributed by atoms with Crippen LogP contribution in [-0.4, -0.2) is 34.8 Å². The lowest BCUT2D eigenvalue weighted by atomic mass is 9.88. The molecule has 0 aromatic heterocycles. The molecule has 4 heteroatoms. The van der Waals surface area contributed by atoms with E-state index in [4.69, 9.17) is 0 Å². The Kier molecular flexibility index (Phi) is 3.64. The largest absolute Gasteiger partial charge is 0.343 e. The Labute approximate surface area is 109 Å². The molecule has 0 aromatic rings. The van der Waals surface area contributed by atoms with Crippen molar-refractivity contribution in [3.05, 3.63) is 0 Å². The summed E-state index contributed by atoms with van der Waals surface area (Å²) >= 11 is 0. The molecule has 2 fully saturated rings. The van der Waals surface area contributed by atoms with Gasteiger partial charge in [-0.15, -0.1) is 0 Å². The van der Waals surface area contributed by atoms with Gasteiger partial charge in [-0.3, -0.25) is 9.59 Å². The van der Waals surface area contributed by atoms with Gasteiger partial charge in [-0.1, -0.05) is 33.1 Å². The summed E-state index contributed by atoms with van der Waals surface area (Å²) in [5, 5.41) is 2.85. The number of nitrogens with zero attached hydrogens (tertiary/aromatic N) is 1. The summed E-state index contributed by atoms with van der Waals surface area (Å²) in [6.45, 7) is 6.77. The molecule has 0 radical (unpaired) electrons. The van der Waals surface area contributed by atoms with E-state index in [0.717, 1.165) is 32.1 Å². The van der Waals surface area contributed by atoms with Crippen LogP contribution < -0.4 is 5.32 Å². The summed E-state index contributed by atoms with van der Waals surface area (Å²) in [5.41, 5.74) is -0.535. The number of rotatable bonds is 3. The Morgan fingerprint density at radius 2 is 2.00 bits per heavy atom. The first-order chi connectivity index (χ1) is 8.51. The molecule has 1 saturated carbocycles. The van der Waals surface area contributed by atoms with Gasteiger partial charge in [0, 0.05) is 6.54 Å². The van der Waals surface area contributed by atoms with Crippen molar-refractivity contribution >= 4 is 11.8 Å². The van der Waals surface area contributed by atoms with Crippen molar-refractivity contribution in [1.29, 1.82) is 0 Å². The van der Waals surface area contributed by atoms with Crippen molar-refractivity contribution in [2.75, 3.05) is 6.54 Å². The third-order valence-corrected chi connectivity index (χ3v) is 4.55. The van der Waals surface area contributed by atoms with Crippen molar-refractivity contribution in [1.82, 2.24) is 10.2 Å². The van der Waals surface area contributed by atoms with E-state index in [-0.39, 0.29) is 17.9 Å². The van der Waals surface area contributed by atoms with Crippen molar-refractivity contribution in [3.63, 3.8) is 0 Å². The smallest absolute Gasteiger partial charge is 0.246 e. The molecule has 2 aliphatic rings. The van der Waals surface area contributed by atoms with Gasteiger partial charge in [0.15, 0.2) is 0 Å². The first-order valence-electron chi connectivity index (χ1n) is 7.13. The van der Waals surface area contributed by atoms with Crippen LogP contribution in [0.1, 0.15) is 52.9 Å². The highest BCUT2D eigenvalue weighted by molar-refractivity contribution is 5.99. The average Bonchev–Trinajstić information content (AvgIpc) is 2.83. The summed E-state index contributed by atoms with van der Waals surface area (Å²) < 4.78 is 0. The van der Waals surface area contributed by atoms with Gasteiger partial charge >= 0.3 is 0 Å². The van der Waals surface area contributed by atoms with Crippen molar-refractivity contribution in [3.8, 4) is 0 Å². The number of carbonyl (C=O) groups excluding carboxylic acids is 2. The van der Waals surface area contributed by atoms with Crippen LogP contribution >= 0.6 is 0 Å². The quantitative estimate of drug-likeness (QED) is 0.831. The van der Waals surface area contributed by atoms with E-state index in [1.807, 2.05) is 4.90 Å². The number of nitrogens with one attached hydrogen (secondary N) is 1. The minimum absolute atomic E-state index is 0.0652. The Bertz CT molecular complexity index is 348. The highest BCUT2D eigenvalue weighted by atomic mass is 16.2. The number of piperazine rings is 1. The van der Waals surface area contributed by atoms with Gasteiger partial charge in [0.25, 0.3) is 0 Å². The molecule has 1 N–H and O–H groups in total. The maximum absolute atomic E-state index is 12.4. The molecule has 2 atom stereocenters. The standard InChI is InChI=1S/C14H24N2O2/c1-4-10(2)9-16-12(17)11(3)15-13(18)14(16)7-5-6-8-14/h10-11H,4-9H2,1-3H3,(H,15,18). The molecule has 2 unspecified atom stereocenters. The second-order valence-electron chi connectivity index (χ2n) is 5.90. The molecule has 0 aromatic carbocycles. The fourth-order valence-corrected chi connectivity index (χ4v) is 3.12. The fraction of sp³-hybridized carbons (Fsp3) is 0.857. The molecular formula is C14H24N2O2. The summed E-state index contributed by atoms with van der Waals surface area (Å²) in [5.74, 6) is 0.608. The molecular weight excluding hydrogens is 228 g/mol. The Balaban J connectivity index is 2.27. The van der Waals surface area contributed by atoms with Gasteiger partial charge in [0.05, 0.1) is 0 Å². The lowest BCUT2D eigenvalue weighted by Crippen LogP contribution is -2.69. The van der Waals surface area contributed by atoms with Crippen molar-refractivity contribution in [2.45, 2.75) is 64.5 Å². The zero-order valence-electron chi connectivity index (χ0n) is 11.7. The monoisotopic (exact) mass is 252 g/mol. The van der Waals surface area contributed by atoms with Gasteiger partial charge in [0.1, 0.15) is 11.6 Å². The minimum Gasteiger partial charge on any atom is -0.343 e. The zero-order chi connectivity index (χ0) is 13.3. The molecule has 1 spiro atoms. The highest BCUT2D eigenvalue weighted by Crippen LogP contribution is 2.38. The van der Waals surface area contributed by atoms with Crippen LogP contribution in [0.2, 0.25) is 0 Å². The van der Waals surface area contributed by atoms with E-state index in [0.29, 0.717) is 12.5 Å². The van der Waals surface area contributed by atoms with Gasteiger partial charge in [-0.25, -0.2) is 0 Å². The topological polar surface area (TPSA) is 49.4 Å². The second-order valence-corrected chi connectivity index (χ2v) is 5.90. The number of hydrogen-bond acceptors (Lipinski definition) is 2. The van der Waals surface area contributed by atoms with Crippen molar-refractivity contribution < 1.29 is 9.59 Å². The predicted octanol–water partition coefficient (Wildman–Crippen LogP) is 1.69. The minimum atomic E-state index is -0.535. The van der Waals surface area contributed by atoms with Gasteiger partial charge in [-0.05, 0) is 25.7 Å². The molecule has 2 rings (SSSR count).